The quantitative estimate of drug-likeness (QED) is 0.843. The Labute approximate surface area is 130 Å². The van der Waals surface area contributed by atoms with Crippen molar-refractivity contribution in [1.82, 2.24) is 0 Å². The molecule has 0 amide bonds. The van der Waals surface area contributed by atoms with Crippen molar-refractivity contribution in [3.8, 4) is 0 Å². The van der Waals surface area contributed by atoms with Gasteiger partial charge in [-0.3, -0.25) is 4.79 Å². The molecule has 2 nitrogen and oxygen atoms in total. The molecular formula is C16H20Cl2O2. The predicted molar refractivity (Wildman–Crippen MR) is 82.4 cm³/mol. The highest BCUT2D eigenvalue weighted by Gasteiger charge is 2.34. The lowest BCUT2D eigenvalue weighted by atomic mass is 9.71. The highest BCUT2D eigenvalue weighted by Crippen LogP contribution is 2.38. The Morgan fingerprint density at radius 2 is 2.05 bits per heavy atom. The number of hydrogen-bond donors (Lipinski definition) is 1. The summed E-state index contributed by atoms with van der Waals surface area (Å²) in [5.41, 5.74) is 1.08. The zero-order valence-corrected chi connectivity index (χ0v) is 13.1. The number of carboxylic acids is 1. The molecule has 1 aromatic carbocycles. The molecule has 0 spiro atoms. The minimum Gasteiger partial charge on any atom is -0.481 e. The zero-order valence-electron chi connectivity index (χ0n) is 11.6. The van der Waals surface area contributed by atoms with Crippen molar-refractivity contribution in [2.45, 2.75) is 39.0 Å². The van der Waals surface area contributed by atoms with Crippen LogP contribution in [0.2, 0.25) is 10.0 Å². The summed E-state index contributed by atoms with van der Waals surface area (Å²) >= 11 is 12.0. The summed E-state index contributed by atoms with van der Waals surface area (Å²) in [6, 6.07) is 5.59. The fraction of sp³-hybridized carbons (Fsp3) is 0.562. The second-order valence-corrected chi connectivity index (χ2v) is 6.56. The van der Waals surface area contributed by atoms with Crippen molar-refractivity contribution >= 4 is 29.2 Å². The molecule has 0 bridgehead atoms. The van der Waals surface area contributed by atoms with Crippen LogP contribution in [0.15, 0.2) is 18.2 Å². The fourth-order valence-electron chi connectivity index (χ4n) is 3.25. The molecule has 1 saturated carbocycles. The maximum absolute atomic E-state index is 11.4. The van der Waals surface area contributed by atoms with E-state index >= 15 is 0 Å². The molecule has 4 heteroatoms. The van der Waals surface area contributed by atoms with E-state index in [0.717, 1.165) is 37.7 Å². The second-order valence-electron chi connectivity index (χ2n) is 5.74. The van der Waals surface area contributed by atoms with E-state index in [1.165, 1.54) is 0 Å². The van der Waals surface area contributed by atoms with Gasteiger partial charge in [0.15, 0.2) is 0 Å². The maximum atomic E-state index is 11.4. The average molecular weight is 315 g/mol. The first-order valence-corrected chi connectivity index (χ1v) is 7.93. The van der Waals surface area contributed by atoms with Crippen LogP contribution >= 0.6 is 23.2 Å². The Morgan fingerprint density at radius 1 is 1.30 bits per heavy atom. The Bertz CT molecular complexity index is 487. The van der Waals surface area contributed by atoms with Gasteiger partial charge in [0.25, 0.3) is 0 Å². The SMILES string of the molecule is CCC1CCC(C(=O)O)C(Cc2ccc(Cl)c(Cl)c2)C1. The number of benzene rings is 1. The van der Waals surface area contributed by atoms with Crippen LogP contribution in [0.5, 0.6) is 0 Å². The third kappa shape index (κ3) is 3.67. The Morgan fingerprint density at radius 3 is 2.65 bits per heavy atom. The number of halogens is 2. The van der Waals surface area contributed by atoms with E-state index in [-0.39, 0.29) is 11.8 Å². The van der Waals surface area contributed by atoms with Gasteiger partial charge >= 0.3 is 5.97 Å². The number of aliphatic carboxylic acids is 1. The number of rotatable bonds is 4. The van der Waals surface area contributed by atoms with Crippen molar-refractivity contribution < 1.29 is 9.90 Å². The molecule has 2 rings (SSSR count). The van der Waals surface area contributed by atoms with Gasteiger partial charge in [-0.05, 0) is 55.2 Å². The molecule has 1 aromatic rings. The van der Waals surface area contributed by atoms with Gasteiger partial charge in [-0.2, -0.15) is 0 Å². The van der Waals surface area contributed by atoms with Crippen LogP contribution in [0.1, 0.15) is 38.2 Å². The van der Waals surface area contributed by atoms with Crippen LogP contribution in [0.3, 0.4) is 0 Å². The highest BCUT2D eigenvalue weighted by atomic mass is 35.5. The van der Waals surface area contributed by atoms with E-state index in [4.69, 9.17) is 23.2 Å². The van der Waals surface area contributed by atoms with Gasteiger partial charge in [0.05, 0.1) is 16.0 Å². The number of carboxylic acid groups (broad SMARTS) is 1. The van der Waals surface area contributed by atoms with Crippen molar-refractivity contribution in [2.75, 3.05) is 0 Å². The van der Waals surface area contributed by atoms with Crippen LogP contribution in [0.25, 0.3) is 0 Å². The van der Waals surface area contributed by atoms with E-state index in [1.807, 2.05) is 12.1 Å². The van der Waals surface area contributed by atoms with Gasteiger partial charge < -0.3 is 5.11 Å². The van der Waals surface area contributed by atoms with Crippen molar-refractivity contribution in [2.24, 2.45) is 17.8 Å². The molecule has 110 valence electrons. The van der Waals surface area contributed by atoms with E-state index in [0.29, 0.717) is 16.0 Å². The largest absolute Gasteiger partial charge is 0.481 e. The summed E-state index contributed by atoms with van der Waals surface area (Å²) in [4.78, 5) is 11.4. The molecule has 0 aromatic heterocycles. The van der Waals surface area contributed by atoms with E-state index in [2.05, 4.69) is 6.92 Å². The van der Waals surface area contributed by atoms with Gasteiger partial charge in [0.2, 0.25) is 0 Å². The first kappa shape index (κ1) is 15.7. The Balaban J connectivity index is 2.13. The summed E-state index contributed by atoms with van der Waals surface area (Å²) in [5, 5.41) is 10.5. The third-order valence-corrected chi connectivity index (χ3v) is 5.21. The van der Waals surface area contributed by atoms with Crippen LogP contribution in [-0.2, 0) is 11.2 Å². The van der Waals surface area contributed by atoms with Gasteiger partial charge in [0.1, 0.15) is 0 Å². The third-order valence-electron chi connectivity index (χ3n) is 4.47. The lowest BCUT2D eigenvalue weighted by Crippen LogP contribution is -2.31. The molecule has 1 aliphatic rings. The Kier molecular flexibility index (Phi) is 5.34. The molecule has 0 heterocycles. The monoisotopic (exact) mass is 314 g/mol. The lowest BCUT2D eigenvalue weighted by Gasteiger charge is -2.33. The highest BCUT2D eigenvalue weighted by molar-refractivity contribution is 6.42. The minimum absolute atomic E-state index is 0.198. The molecule has 3 unspecified atom stereocenters. The van der Waals surface area contributed by atoms with Gasteiger partial charge in [-0.1, -0.05) is 42.6 Å². The van der Waals surface area contributed by atoms with Crippen molar-refractivity contribution in [1.29, 1.82) is 0 Å². The molecule has 0 saturated heterocycles. The number of carbonyl (C=O) groups is 1. The minimum atomic E-state index is -0.662. The summed E-state index contributed by atoms with van der Waals surface area (Å²) in [6.07, 6.45) is 4.72. The second kappa shape index (κ2) is 6.82. The maximum Gasteiger partial charge on any atom is 0.306 e. The summed E-state index contributed by atoms with van der Waals surface area (Å²) in [7, 11) is 0. The number of hydrogen-bond acceptors (Lipinski definition) is 1. The zero-order chi connectivity index (χ0) is 14.7. The first-order chi connectivity index (χ1) is 9.51. The van der Waals surface area contributed by atoms with Crippen LogP contribution in [0, 0.1) is 17.8 Å². The van der Waals surface area contributed by atoms with Gasteiger partial charge in [-0.25, -0.2) is 0 Å². The standard InChI is InChI=1S/C16H20Cl2O2/c1-2-10-3-5-13(16(19)20)12(7-10)8-11-4-6-14(17)15(18)9-11/h4,6,9-10,12-13H,2-3,5,7-8H2,1H3,(H,19,20). The summed E-state index contributed by atoms with van der Waals surface area (Å²) in [6.45, 7) is 2.18. The predicted octanol–water partition coefficient (Wildman–Crippen LogP) is 5.06. The van der Waals surface area contributed by atoms with Gasteiger partial charge in [0, 0.05) is 0 Å². The Hall–Kier alpha value is -0.730. The molecule has 0 radical (unpaired) electrons. The van der Waals surface area contributed by atoms with Crippen molar-refractivity contribution in [3.05, 3.63) is 33.8 Å². The van der Waals surface area contributed by atoms with E-state index in [9.17, 15) is 9.90 Å². The molecule has 0 aliphatic heterocycles. The first-order valence-electron chi connectivity index (χ1n) is 7.18. The van der Waals surface area contributed by atoms with E-state index in [1.54, 1.807) is 6.07 Å². The molecule has 1 aliphatic carbocycles. The van der Waals surface area contributed by atoms with Crippen LogP contribution < -0.4 is 0 Å². The molecule has 1 fully saturated rings. The lowest BCUT2D eigenvalue weighted by molar-refractivity contribution is -0.145. The summed E-state index contributed by atoms with van der Waals surface area (Å²) < 4.78 is 0. The van der Waals surface area contributed by atoms with Crippen LogP contribution in [0.4, 0.5) is 0 Å². The molecule has 20 heavy (non-hydrogen) atoms. The normalized spacial score (nSPS) is 26.4. The molecule has 3 atom stereocenters. The van der Waals surface area contributed by atoms with Crippen molar-refractivity contribution in [3.63, 3.8) is 0 Å². The van der Waals surface area contributed by atoms with Crippen LogP contribution in [-0.4, -0.2) is 11.1 Å². The topological polar surface area (TPSA) is 37.3 Å². The average Bonchev–Trinajstić information content (AvgIpc) is 2.42. The smallest absolute Gasteiger partial charge is 0.306 e. The molecular weight excluding hydrogens is 295 g/mol. The summed E-state index contributed by atoms with van der Waals surface area (Å²) in [5.74, 6) is -0.0429. The van der Waals surface area contributed by atoms with E-state index < -0.39 is 5.97 Å². The fourth-order valence-corrected chi connectivity index (χ4v) is 3.57. The van der Waals surface area contributed by atoms with Gasteiger partial charge in [-0.15, -0.1) is 0 Å². The molecule has 1 N–H and O–H groups in total.